The highest BCUT2D eigenvalue weighted by atomic mass is 35.5. The van der Waals surface area contributed by atoms with E-state index in [0.29, 0.717) is 19.0 Å². The lowest BCUT2D eigenvalue weighted by Crippen LogP contribution is -2.07. The van der Waals surface area contributed by atoms with E-state index in [-0.39, 0.29) is 10.9 Å². The molecule has 0 aromatic carbocycles. The van der Waals surface area contributed by atoms with Gasteiger partial charge in [0.1, 0.15) is 0 Å². The number of halogens is 1. The summed E-state index contributed by atoms with van der Waals surface area (Å²) in [7, 11) is 1.62. The molecule has 0 spiro atoms. The number of nitrogens with zero attached hydrogens (tertiary/aromatic N) is 3. The van der Waals surface area contributed by atoms with E-state index in [4.69, 9.17) is 21.5 Å². The average molecular weight is 235 g/mol. The lowest BCUT2D eigenvalue weighted by atomic mass is 10.4. The minimum atomic E-state index is -0.175. The summed E-state index contributed by atoms with van der Waals surface area (Å²) in [5, 5.41) is 21.0. The number of rotatable bonds is 6. The van der Waals surface area contributed by atoms with E-state index in [1.54, 1.807) is 7.11 Å². The van der Waals surface area contributed by atoms with Crippen LogP contribution in [-0.4, -0.2) is 41.0 Å². The van der Waals surface area contributed by atoms with Gasteiger partial charge in [0, 0.05) is 20.3 Å². The van der Waals surface area contributed by atoms with Gasteiger partial charge in [-0.2, -0.15) is 0 Å². The molecule has 15 heavy (non-hydrogen) atoms. The Bertz CT molecular complexity index is 328. The van der Waals surface area contributed by atoms with Gasteiger partial charge in [-0.1, -0.05) is 16.8 Å². The van der Waals surface area contributed by atoms with Crippen LogP contribution >= 0.6 is 11.6 Å². The van der Waals surface area contributed by atoms with Gasteiger partial charge in [-0.25, -0.2) is 4.63 Å². The van der Waals surface area contributed by atoms with Gasteiger partial charge in [-0.05, 0) is 16.7 Å². The van der Waals surface area contributed by atoms with Gasteiger partial charge < -0.3 is 15.3 Å². The maximum absolute atomic E-state index is 8.44. The number of methoxy groups -OCH3 is 1. The van der Waals surface area contributed by atoms with Crippen LogP contribution in [0.15, 0.2) is 9.78 Å². The minimum absolute atomic E-state index is 0.175. The predicted octanol–water partition coefficient (Wildman–Crippen LogP) is 0.893. The second kappa shape index (κ2) is 6.20. The van der Waals surface area contributed by atoms with E-state index in [1.165, 1.54) is 0 Å². The molecular formula is C7H11ClN4O3. The Morgan fingerprint density at radius 2 is 2.47 bits per heavy atom. The highest BCUT2D eigenvalue weighted by molar-refractivity contribution is 6.69. The standard InChI is InChI=1S/C7H11ClN4O3/c1-14-4-2-3-9-7-5(6(8)10-13)11-15-12-7/h13H,2-4H2,1H3,(H,9,12). The second-order valence-electron chi connectivity index (χ2n) is 2.63. The summed E-state index contributed by atoms with van der Waals surface area (Å²) in [6.07, 6.45) is 0.802. The molecule has 84 valence electrons. The minimum Gasteiger partial charge on any atom is -0.410 e. The smallest absolute Gasteiger partial charge is 0.201 e. The van der Waals surface area contributed by atoms with E-state index in [2.05, 4.69) is 25.4 Å². The molecule has 0 amide bonds. The van der Waals surface area contributed by atoms with Crippen molar-refractivity contribution in [3.05, 3.63) is 5.69 Å². The molecule has 7 nitrogen and oxygen atoms in total. The van der Waals surface area contributed by atoms with Crippen LogP contribution in [0, 0.1) is 0 Å². The highest BCUT2D eigenvalue weighted by Gasteiger charge is 2.14. The molecule has 1 heterocycles. The van der Waals surface area contributed by atoms with E-state index < -0.39 is 0 Å². The van der Waals surface area contributed by atoms with Gasteiger partial charge >= 0.3 is 0 Å². The topological polar surface area (TPSA) is 92.8 Å². The van der Waals surface area contributed by atoms with E-state index in [9.17, 15) is 0 Å². The molecule has 0 aliphatic carbocycles. The molecule has 0 aliphatic rings. The second-order valence-corrected chi connectivity index (χ2v) is 2.98. The maximum Gasteiger partial charge on any atom is 0.201 e. The highest BCUT2D eigenvalue weighted by Crippen LogP contribution is 2.12. The van der Waals surface area contributed by atoms with Gasteiger partial charge in [0.15, 0.2) is 5.69 Å². The normalized spacial score (nSPS) is 11.7. The molecule has 0 unspecified atom stereocenters. The van der Waals surface area contributed by atoms with E-state index in [1.807, 2.05) is 0 Å². The van der Waals surface area contributed by atoms with Crippen molar-refractivity contribution in [3.8, 4) is 0 Å². The van der Waals surface area contributed by atoms with Gasteiger partial charge in [0.25, 0.3) is 0 Å². The molecule has 1 aromatic heterocycles. The SMILES string of the molecule is COCCCNc1nonc1C(Cl)=NO. The quantitative estimate of drug-likeness (QED) is 0.329. The fraction of sp³-hybridized carbons (Fsp3) is 0.571. The Labute approximate surface area is 91.0 Å². The molecule has 0 saturated carbocycles. The first-order valence-corrected chi connectivity index (χ1v) is 4.60. The van der Waals surface area contributed by atoms with Gasteiger partial charge in [-0.15, -0.1) is 0 Å². The van der Waals surface area contributed by atoms with Gasteiger partial charge in [-0.3, -0.25) is 0 Å². The summed E-state index contributed by atoms with van der Waals surface area (Å²) in [5.74, 6) is 0.342. The monoisotopic (exact) mass is 234 g/mol. The van der Waals surface area contributed by atoms with E-state index >= 15 is 0 Å². The van der Waals surface area contributed by atoms with E-state index in [0.717, 1.165) is 6.42 Å². The fourth-order valence-corrected chi connectivity index (χ4v) is 1.03. The zero-order valence-corrected chi connectivity index (χ0v) is 8.86. The molecular weight excluding hydrogens is 224 g/mol. The first-order valence-electron chi connectivity index (χ1n) is 4.23. The summed E-state index contributed by atoms with van der Waals surface area (Å²) < 4.78 is 9.33. The molecule has 0 aliphatic heterocycles. The van der Waals surface area contributed by atoms with Crippen molar-refractivity contribution in [1.29, 1.82) is 0 Å². The molecule has 0 fully saturated rings. The van der Waals surface area contributed by atoms with Crippen LogP contribution in [0.25, 0.3) is 0 Å². The molecule has 2 N–H and O–H groups in total. The molecule has 0 saturated heterocycles. The Morgan fingerprint density at radius 1 is 1.67 bits per heavy atom. The van der Waals surface area contributed by atoms with Crippen molar-refractivity contribution in [1.82, 2.24) is 10.3 Å². The molecule has 0 radical (unpaired) electrons. The first kappa shape index (κ1) is 11.7. The maximum atomic E-state index is 8.44. The Balaban J connectivity index is 2.50. The van der Waals surface area contributed by atoms with Crippen LogP contribution in [0.1, 0.15) is 12.1 Å². The van der Waals surface area contributed by atoms with Crippen LogP contribution in [0.3, 0.4) is 0 Å². The number of hydrogen-bond acceptors (Lipinski definition) is 7. The zero-order valence-electron chi connectivity index (χ0n) is 8.10. The van der Waals surface area contributed by atoms with Crippen molar-refractivity contribution in [3.63, 3.8) is 0 Å². The summed E-state index contributed by atoms with van der Waals surface area (Å²) in [6.45, 7) is 1.26. The van der Waals surface area contributed by atoms with Crippen molar-refractivity contribution < 1.29 is 14.6 Å². The van der Waals surface area contributed by atoms with Gasteiger partial charge in [0.05, 0.1) is 0 Å². The number of aromatic nitrogens is 2. The fourth-order valence-electron chi connectivity index (χ4n) is 0.911. The summed E-state index contributed by atoms with van der Waals surface area (Å²) in [5.41, 5.74) is 0.177. The summed E-state index contributed by atoms with van der Waals surface area (Å²) in [6, 6.07) is 0. The third-order valence-corrected chi connectivity index (χ3v) is 1.84. The third kappa shape index (κ3) is 3.37. The number of ether oxygens (including phenoxy) is 1. The Morgan fingerprint density at radius 3 is 3.13 bits per heavy atom. The number of hydrogen-bond donors (Lipinski definition) is 2. The largest absolute Gasteiger partial charge is 0.410 e. The van der Waals surface area contributed by atoms with Crippen LogP contribution < -0.4 is 5.32 Å². The first-order chi connectivity index (χ1) is 7.29. The number of nitrogens with one attached hydrogen (secondary N) is 1. The van der Waals surface area contributed by atoms with Crippen LogP contribution in [0.5, 0.6) is 0 Å². The molecule has 1 rings (SSSR count). The summed E-state index contributed by atoms with van der Waals surface area (Å²) >= 11 is 5.55. The van der Waals surface area contributed by atoms with Crippen LogP contribution in [-0.2, 0) is 4.74 Å². The predicted molar refractivity (Wildman–Crippen MR) is 53.5 cm³/mol. The number of oxime groups is 1. The van der Waals surface area contributed by atoms with Crippen LogP contribution in [0.4, 0.5) is 5.82 Å². The van der Waals surface area contributed by atoms with Crippen LogP contribution in [0.2, 0.25) is 0 Å². The lowest BCUT2D eigenvalue weighted by Gasteiger charge is -2.01. The van der Waals surface area contributed by atoms with Crippen molar-refractivity contribution in [2.24, 2.45) is 5.16 Å². The van der Waals surface area contributed by atoms with Crippen molar-refractivity contribution >= 4 is 22.6 Å². The Kier molecular flexibility index (Phi) is 4.85. The Hall–Kier alpha value is -1.34. The van der Waals surface area contributed by atoms with Crippen molar-refractivity contribution in [2.75, 3.05) is 25.6 Å². The number of anilines is 1. The third-order valence-electron chi connectivity index (χ3n) is 1.59. The summed E-state index contributed by atoms with van der Waals surface area (Å²) in [4.78, 5) is 0. The average Bonchev–Trinajstić information content (AvgIpc) is 2.71. The zero-order chi connectivity index (χ0) is 11.1. The molecule has 0 bridgehead atoms. The lowest BCUT2D eigenvalue weighted by molar-refractivity contribution is 0.197. The molecule has 0 atom stereocenters. The van der Waals surface area contributed by atoms with Crippen molar-refractivity contribution in [2.45, 2.75) is 6.42 Å². The molecule has 1 aromatic rings. The van der Waals surface area contributed by atoms with Gasteiger partial charge in [0.2, 0.25) is 11.0 Å². The molecule has 8 heteroatoms.